The maximum absolute atomic E-state index is 12.9. The molecule has 1 aliphatic rings. The Morgan fingerprint density at radius 3 is 2.37 bits per heavy atom. The number of nitrogens with one attached hydrogen (secondary N) is 2. The van der Waals surface area contributed by atoms with Gasteiger partial charge in [-0.25, -0.2) is 0 Å². The third-order valence-electron chi connectivity index (χ3n) is 5.21. The van der Waals surface area contributed by atoms with Gasteiger partial charge in [0.15, 0.2) is 6.04 Å². The Labute approximate surface area is 176 Å². The molecule has 0 aliphatic carbocycles. The highest BCUT2D eigenvalue weighted by Crippen LogP contribution is 2.25. The predicted octanol–water partition coefficient (Wildman–Crippen LogP) is 3.32. The molecule has 1 aliphatic heterocycles. The van der Waals surface area contributed by atoms with E-state index < -0.39 is 6.04 Å². The lowest BCUT2D eigenvalue weighted by atomic mass is 9.99. The van der Waals surface area contributed by atoms with Gasteiger partial charge in [0.2, 0.25) is 12.3 Å². The molecule has 0 bridgehead atoms. The molecule has 0 saturated carbocycles. The quantitative estimate of drug-likeness (QED) is 0.663. The molecule has 3 aromatic rings. The molecule has 2 N–H and O–H groups in total. The number of hydrogen-bond donors (Lipinski definition) is 2. The largest absolute Gasteiger partial charge is 0.334 e. The average molecular weight is 398 g/mol. The molecule has 5 heteroatoms. The average Bonchev–Trinajstić information content (AvgIpc) is 3.05. The van der Waals surface area contributed by atoms with Crippen LogP contribution in [0, 0.1) is 13.8 Å². The minimum absolute atomic E-state index is 0.242. The van der Waals surface area contributed by atoms with Crippen LogP contribution >= 0.6 is 0 Å². The van der Waals surface area contributed by atoms with Crippen molar-refractivity contribution in [3.63, 3.8) is 0 Å². The van der Waals surface area contributed by atoms with Crippen LogP contribution in [0.15, 0.2) is 78.9 Å². The number of amides is 2. The first-order chi connectivity index (χ1) is 14.5. The third kappa shape index (κ3) is 4.15. The van der Waals surface area contributed by atoms with Crippen molar-refractivity contribution in [2.45, 2.75) is 25.9 Å². The van der Waals surface area contributed by atoms with E-state index in [1.54, 1.807) is 10.8 Å². The van der Waals surface area contributed by atoms with Crippen molar-refractivity contribution in [2.24, 2.45) is 0 Å². The summed E-state index contributed by atoms with van der Waals surface area (Å²) in [7, 11) is 0. The fourth-order valence-electron chi connectivity index (χ4n) is 3.65. The van der Waals surface area contributed by atoms with Crippen LogP contribution in [0.5, 0.6) is 0 Å². The molecular formula is C25H24N3O2+. The third-order valence-corrected chi connectivity index (χ3v) is 5.21. The van der Waals surface area contributed by atoms with Crippen molar-refractivity contribution in [1.82, 2.24) is 10.7 Å². The van der Waals surface area contributed by atoms with E-state index >= 15 is 0 Å². The zero-order chi connectivity index (χ0) is 21.1. The summed E-state index contributed by atoms with van der Waals surface area (Å²) in [5.74, 6) is -0.509. The summed E-state index contributed by atoms with van der Waals surface area (Å²) in [5.41, 5.74) is 7.51. The fraction of sp³-hybridized carbons (Fsp3) is 0.160. The summed E-state index contributed by atoms with van der Waals surface area (Å²) < 4.78 is 1.78. The van der Waals surface area contributed by atoms with Crippen LogP contribution in [-0.2, 0) is 4.79 Å². The number of hydrogen-bond acceptors (Lipinski definition) is 2. The summed E-state index contributed by atoms with van der Waals surface area (Å²) in [6.45, 7) is 3.97. The molecule has 30 heavy (non-hydrogen) atoms. The van der Waals surface area contributed by atoms with E-state index in [0.717, 1.165) is 16.7 Å². The molecule has 1 saturated heterocycles. The lowest BCUT2D eigenvalue weighted by Gasteiger charge is -2.15. The second-order valence-corrected chi connectivity index (χ2v) is 7.60. The van der Waals surface area contributed by atoms with E-state index in [4.69, 9.17) is 0 Å². The minimum Gasteiger partial charge on any atom is -0.334 e. The van der Waals surface area contributed by atoms with Gasteiger partial charge in [0.1, 0.15) is 0 Å². The molecule has 5 nitrogen and oxygen atoms in total. The normalized spacial score (nSPS) is 19.5. The van der Waals surface area contributed by atoms with E-state index in [9.17, 15) is 9.59 Å². The number of hydrazine groups is 1. The maximum Gasteiger partial charge on any atom is 0.304 e. The Morgan fingerprint density at radius 1 is 0.933 bits per heavy atom. The van der Waals surface area contributed by atoms with E-state index in [-0.39, 0.29) is 17.9 Å². The summed E-state index contributed by atoms with van der Waals surface area (Å²) in [6.07, 6.45) is 1.90. The lowest BCUT2D eigenvalue weighted by Crippen LogP contribution is -2.42. The van der Waals surface area contributed by atoms with E-state index in [0.29, 0.717) is 5.56 Å². The van der Waals surface area contributed by atoms with E-state index in [1.807, 2.05) is 92.9 Å². The molecule has 0 spiro atoms. The molecule has 4 rings (SSSR count). The Kier molecular flexibility index (Phi) is 5.44. The Morgan fingerprint density at radius 2 is 1.67 bits per heavy atom. The van der Waals surface area contributed by atoms with Gasteiger partial charge in [0, 0.05) is 16.7 Å². The standard InChI is InChI=1S/C25H23N3O2/c1-17-11-13-19(14-12-17)16-28-23(20-8-4-3-5-9-20)22(25(30)27-28)26-24(29)21-10-6-7-18(2)15-21/h3-16,22-23H,1-2H3,(H-,26,27,29,30)/p+1/b28-16-/t22-,23-/m1/s1. The SMILES string of the molecule is Cc1ccc(/C=[N+]2\NC(=O)[C@H](NC(=O)c3cccc(C)c3)[C@H]2c2ccccc2)cc1. The number of hydrazone groups is 1. The van der Waals surface area contributed by atoms with Crippen LogP contribution in [0.25, 0.3) is 0 Å². The van der Waals surface area contributed by atoms with Gasteiger partial charge in [-0.2, -0.15) is 0 Å². The summed E-state index contributed by atoms with van der Waals surface area (Å²) >= 11 is 0. The number of aryl methyl sites for hydroxylation is 2. The van der Waals surface area contributed by atoms with Crippen LogP contribution in [0.4, 0.5) is 0 Å². The molecule has 2 atom stereocenters. The highest BCUT2D eigenvalue weighted by molar-refractivity contribution is 5.98. The molecule has 3 aromatic carbocycles. The van der Waals surface area contributed by atoms with Gasteiger partial charge in [-0.15, -0.1) is 10.1 Å². The molecule has 1 fully saturated rings. The van der Waals surface area contributed by atoms with Crippen LogP contribution in [0.1, 0.15) is 38.7 Å². The summed E-state index contributed by atoms with van der Waals surface area (Å²) in [6, 6.07) is 24.0. The predicted molar refractivity (Wildman–Crippen MR) is 116 cm³/mol. The summed E-state index contributed by atoms with van der Waals surface area (Å²) in [4.78, 5) is 25.7. The van der Waals surface area contributed by atoms with Crippen molar-refractivity contribution in [1.29, 1.82) is 0 Å². The molecule has 150 valence electrons. The smallest absolute Gasteiger partial charge is 0.304 e. The van der Waals surface area contributed by atoms with Crippen LogP contribution in [-0.4, -0.2) is 28.8 Å². The zero-order valence-electron chi connectivity index (χ0n) is 17.0. The monoisotopic (exact) mass is 398 g/mol. The van der Waals surface area contributed by atoms with Crippen molar-refractivity contribution in [3.05, 3.63) is 107 Å². The van der Waals surface area contributed by atoms with E-state index in [1.165, 1.54) is 5.56 Å². The van der Waals surface area contributed by atoms with Gasteiger partial charge in [0.05, 0.1) is 0 Å². The Hall–Kier alpha value is -3.73. The second-order valence-electron chi connectivity index (χ2n) is 7.60. The van der Waals surface area contributed by atoms with Crippen LogP contribution in [0.3, 0.4) is 0 Å². The fourth-order valence-corrected chi connectivity index (χ4v) is 3.65. The lowest BCUT2D eigenvalue weighted by molar-refractivity contribution is -0.596. The number of nitrogens with zero attached hydrogens (tertiary/aromatic N) is 1. The topological polar surface area (TPSA) is 61.2 Å². The zero-order valence-corrected chi connectivity index (χ0v) is 17.0. The number of carbonyl (C=O) groups is 2. The van der Waals surface area contributed by atoms with Crippen LogP contribution in [0.2, 0.25) is 0 Å². The minimum atomic E-state index is -0.720. The molecule has 2 amide bonds. The van der Waals surface area contributed by atoms with Gasteiger partial charge in [0.25, 0.3) is 5.91 Å². The van der Waals surface area contributed by atoms with Gasteiger partial charge >= 0.3 is 5.91 Å². The van der Waals surface area contributed by atoms with Gasteiger partial charge < -0.3 is 5.32 Å². The first-order valence-corrected chi connectivity index (χ1v) is 9.94. The Balaban J connectivity index is 1.69. The Bertz CT molecular complexity index is 1100. The number of benzene rings is 3. The van der Waals surface area contributed by atoms with Crippen molar-refractivity contribution < 1.29 is 14.3 Å². The molecule has 0 radical (unpaired) electrons. The van der Waals surface area contributed by atoms with Crippen LogP contribution < -0.4 is 10.7 Å². The maximum atomic E-state index is 12.9. The summed E-state index contributed by atoms with van der Waals surface area (Å²) in [5, 5.41) is 2.93. The van der Waals surface area contributed by atoms with Gasteiger partial charge in [-0.3, -0.25) is 9.59 Å². The van der Waals surface area contributed by atoms with E-state index in [2.05, 4.69) is 10.7 Å². The van der Waals surface area contributed by atoms with Gasteiger partial charge in [-0.05, 0) is 38.1 Å². The van der Waals surface area contributed by atoms with Crippen molar-refractivity contribution >= 4 is 18.0 Å². The van der Waals surface area contributed by atoms with Crippen molar-refractivity contribution in [3.8, 4) is 0 Å². The molecular weight excluding hydrogens is 374 g/mol. The molecule has 0 aromatic heterocycles. The number of rotatable bonds is 4. The molecule has 0 unspecified atom stereocenters. The molecule has 1 heterocycles. The highest BCUT2D eigenvalue weighted by atomic mass is 16.2. The first kappa shape index (κ1) is 19.6. The van der Waals surface area contributed by atoms with Crippen molar-refractivity contribution in [2.75, 3.05) is 0 Å². The first-order valence-electron chi connectivity index (χ1n) is 9.94. The second kappa shape index (κ2) is 8.33. The van der Waals surface area contributed by atoms with Gasteiger partial charge in [-0.1, -0.05) is 65.7 Å². The number of carbonyl (C=O) groups excluding carboxylic acids is 2. The highest BCUT2D eigenvalue weighted by Gasteiger charge is 2.47.